The average Bonchev–Trinajstić information content (AvgIpc) is 2.59. The summed E-state index contributed by atoms with van der Waals surface area (Å²) in [6.45, 7) is 0. The molecule has 0 fully saturated rings. The van der Waals surface area contributed by atoms with E-state index in [1.807, 2.05) is 0 Å². The summed E-state index contributed by atoms with van der Waals surface area (Å²) in [4.78, 5) is 0. The first-order chi connectivity index (χ1) is 10.4. The largest absolute Gasteiger partial charge is 0.274 e. The first-order valence-corrected chi connectivity index (χ1v) is 9.48. The first-order valence-electron chi connectivity index (χ1n) is 8.67. The molecule has 0 bridgehead atoms. The molecule has 0 saturated carbocycles. The minimum atomic E-state index is 0.0142. The molecule has 3 rings (SSSR count). The van der Waals surface area contributed by atoms with E-state index in [9.17, 15) is 4.57 Å². The van der Waals surface area contributed by atoms with E-state index in [1.54, 1.807) is 0 Å². The second-order valence-electron chi connectivity index (χ2n) is 6.92. The Hall–Kier alpha value is -0.680. The molecule has 2 heteroatoms. The Labute approximate surface area is 130 Å². The van der Waals surface area contributed by atoms with E-state index in [4.69, 9.17) is 0 Å². The standard InChI is InChI=1S/C19H27OP/c20-21-19(16-10-4-1-5-11-16,17-12-6-2-7-13-17)18-14-8-3-9-15-18/h1-4,6,8,16-18H,5,7,9-15H2. The molecule has 0 radical (unpaired) electrons. The van der Waals surface area contributed by atoms with Crippen molar-refractivity contribution in [2.45, 2.75) is 62.9 Å². The van der Waals surface area contributed by atoms with Crippen molar-refractivity contribution in [1.82, 2.24) is 0 Å². The SMILES string of the molecule is O=PC(C1CC=CCC1)(C1CC=CCC1)C1CC=CCC1. The van der Waals surface area contributed by atoms with Gasteiger partial charge in [0.2, 0.25) is 0 Å². The third-order valence-electron chi connectivity index (χ3n) is 5.93. The zero-order chi connectivity index (χ0) is 14.5. The second kappa shape index (κ2) is 7.05. The molecule has 0 heterocycles. The van der Waals surface area contributed by atoms with Gasteiger partial charge in [-0.3, -0.25) is 4.57 Å². The predicted octanol–water partition coefficient (Wildman–Crippen LogP) is 6.09. The van der Waals surface area contributed by atoms with Gasteiger partial charge < -0.3 is 0 Å². The molecule has 0 aliphatic heterocycles. The topological polar surface area (TPSA) is 17.1 Å². The maximum atomic E-state index is 12.5. The normalized spacial score (nSPS) is 35.7. The van der Waals surface area contributed by atoms with E-state index in [-0.39, 0.29) is 5.16 Å². The minimum Gasteiger partial charge on any atom is -0.274 e. The Balaban J connectivity index is 1.93. The van der Waals surface area contributed by atoms with E-state index in [2.05, 4.69) is 36.5 Å². The van der Waals surface area contributed by atoms with Crippen LogP contribution >= 0.6 is 8.46 Å². The van der Waals surface area contributed by atoms with Crippen molar-refractivity contribution >= 4 is 8.46 Å². The molecule has 114 valence electrons. The Morgan fingerprint density at radius 2 is 1.05 bits per heavy atom. The molecule has 0 saturated heterocycles. The highest BCUT2D eigenvalue weighted by Crippen LogP contribution is 2.55. The Bertz CT molecular complexity index is 389. The van der Waals surface area contributed by atoms with Gasteiger partial charge >= 0.3 is 0 Å². The molecule has 0 amide bonds. The summed E-state index contributed by atoms with van der Waals surface area (Å²) in [6.07, 6.45) is 24.6. The molecule has 1 nitrogen and oxygen atoms in total. The minimum absolute atomic E-state index is 0.0142. The van der Waals surface area contributed by atoms with E-state index < -0.39 is 0 Å². The van der Waals surface area contributed by atoms with E-state index in [0.29, 0.717) is 26.2 Å². The number of hydrogen-bond acceptors (Lipinski definition) is 1. The molecule has 0 aromatic heterocycles. The van der Waals surface area contributed by atoms with Crippen molar-refractivity contribution in [1.29, 1.82) is 0 Å². The van der Waals surface area contributed by atoms with Crippen molar-refractivity contribution < 1.29 is 4.57 Å². The fourth-order valence-electron chi connectivity index (χ4n) is 4.86. The van der Waals surface area contributed by atoms with Crippen LogP contribution in [0.4, 0.5) is 0 Å². The molecule has 3 aliphatic carbocycles. The molecule has 21 heavy (non-hydrogen) atoms. The summed E-state index contributed by atoms with van der Waals surface area (Å²) in [5.74, 6) is 1.82. The van der Waals surface area contributed by atoms with Crippen LogP contribution in [-0.2, 0) is 4.57 Å². The molecule has 3 atom stereocenters. The van der Waals surface area contributed by atoms with Gasteiger partial charge in [-0.15, -0.1) is 0 Å². The smallest absolute Gasteiger partial charge is 0.162 e. The molecule has 3 aliphatic rings. The van der Waals surface area contributed by atoms with Crippen LogP contribution in [0.15, 0.2) is 36.5 Å². The summed E-state index contributed by atoms with van der Waals surface area (Å²) < 4.78 is 12.5. The highest BCUT2D eigenvalue weighted by molar-refractivity contribution is 7.26. The van der Waals surface area contributed by atoms with Crippen molar-refractivity contribution in [3.05, 3.63) is 36.5 Å². The van der Waals surface area contributed by atoms with Gasteiger partial charge in [-0.1, -0.05) is 36.5 Å². The quantitative estimate of drug-likeness (QED) is 0.454. The average molecular weight is 302 g/mol. The van der Waals surface area contributed by atoms with Gasteiger partial charge in [0, 0.05) is 0 Å². The summed E-state index contributed by atoms with van der Waals surface area (Å²) in [7, 11) is 0.423. The lowest BCUT2D eigenvalue weighted by molar-refractivity contribution is 0.149. The Morgan fingerprint density at radius 1 is 0.667 bits per heavy atom. The van der Waals surface area contributed by atoms with Crippen LogP contribution < -0.4 is 0 Å². The second-order valence-corrected chi connectivity index (χ2v) is 7.88. The van der Waals surface area contributed by atoms with Crippen LogP contribution in [0, 0.1) is 17.8 Å². The van der Waals surface area contributed by atoms with E-state index in [0.717, 1.165) is 19.3 Å². The first kappa shape index (κ1) is 15.2. The lowest BCUT2D eigenvalue weighted by Crippen LogP contribution is -2.47. The van der Waals surface area contributed by atoms with Gasteiger partial charge in [-0.25, -0.2) is 0 Å². The highest BCUT2D eigenvalue weighted by Gasteiger charge is 2.50. The van der Waals surface area contributed by atoms with Gasteiger partial charge in [0.25, 0.3) is 0 Å². The molecule has 0 aromatic rings. The fraction of sp³-hybridized carbons (Fsp3) is 0.684. The third kappa shape index (κ3) is 2.95. The number of hydrogen-bond donors (Lipinski definition) is 0. The van der Waals surface area contributed by atoms with Crippen LogP contribution in [0.3, 0.4) is 0 Å². The van der Waals surface area contributed by atoms with Crippen LogP contribution in [0.25, 0.3) is 0 Å². The predicted molar refractivity (Wildman–Crippen MR) is 89.8 cm³/mol. The molecule has 3 unspecified atom stereocenters. The van der Waals surface area contributed by atoms with Gasteiger partial charge in [0.15, 0.2) is 8.46 Å². The van der Waals surface area contributed by atoms with Crippen molar-refractivity contribution in [3.63, 3.8) is 0 Å². The maximum Gasteiger partial charge on any atom is 0.162 e. The van der Waals surface area contributed by atoms with Crippen molar-refractivity contribution in [2.24, 2.45) is 17.8 Å². The van der Waals surface area contributed by atoms with Crippen molar-refractivity contribution in [2.75, 3.05) is 0 Å². The summed E-state index contributed by atoms with van der Waals surface area (Å²) in [5.41, 5.74) is 0. The highest BCUT2D eigenvalue weighted by atomic mass is 31.1. The van der Waals surface area contributed by atoms with Crippen LogP contribution in [-0.4, -0.2) is 5.16 Å². The molecular weight excluding hydrogens is 275 g/mol. The summed E-state index contributed by atoms with van der Waals surface area (Å²) in [5, 5.41) is 0.0142. The van der Waals surface area contributed by atoms with Gasteiger partial charge in [0.1, 0.15) is 0 Å². The van der Waals surface area contributed by atoms with E-state index in [1.165, 1.54) is 38.5 Å². The Kier molecular flexibility index (Phi) is 5.11. The van der Waals surface area contributed by atoms with Gasteiger partial charge in [-0.2, -0.15) is 0 Å². The number of rotatable bonds is 4. The summed E-state index contributed by atoms with van der Waals surface area (Å²) in [6, 6.07) is 0. The van der Waals surface area contributed by atoms with Crippen LogP contribution in [0.1, 0.15) is 57.8 Å². The maximum absolute atomic E-state index is 12.5. The van der Waals surface area contributed by atoms with Gasteiger partial charge in [0.05, 0.1) is 5.16 Å². The lowest BCUT2D eigenvalue weighted by atomic mass is 9.63. The Morgan fingerprint density at radius 3 is 1.29 bits per heavy atom. The van der Waals surface area contributed by atoms with Crippen molar-refractivity contribution in [3.8, 4) is 0 Å². The third-order valence-corrected chi connectivity index (χ3v) is 7.34. The zero-order valence-electron chi connectivity index (χ0n) is 12.9. The number of allylic oxidation sites excluding steroid dienone is 6. The molecular formula is C19H27OP. The fourth-order valence-corrected chi connectivity index (χ4v) is 6.02. The van der Waals surface area contributed by atoms with Crippen LogP contribution in [0.5, 0.6) is 0 Å². The lowest BCUT2D eigenvalue weighted by Gasteiger charge is -2.48. The summed E-state index contributed by atoms with van der Waals surface area (Å²) >= 11 is 0. The molecule has 0 aromatic carbocycles. The van der Waals surface area contributed by atoms with Gasteiger partial charge in [-0.05, 0) is 75.5 Å². The molecule has 0 N–H and O–H groups in total. The molecule has 0 spiro atoms. The monoisotopic (exact) mass is 302 g/mol. The van der Waals surface area contributed by atoms with Crippen LogP contribution in [0.2, 0.25) is 0 Å². The van der Waals surface area contributed by atoms with E-state index >= 15 is 0 Å². The zero-order valence-corrected chi connectivity index (χ0v) is 13.8.